The first-order chi connectivity index (χ1) is 9.40. The van der Waals surface area contributed by atoms with E-state index in [-0.39, 0.29) is 0 Å². The molecule has 6 heteroatoms. The van der Waals surface area contributed by atoms with Crippen molar-refractivity contribution >= 4 is 23.2 Å². The SMILES string of the molecule is Cc1c(Cl)cccc1NC(=O)c1c(O)cc(F)cc1F. The van der Waals surface area contributed by atoms with Crippen molar-refractivity contribution in [2.45, 2.75) is 6.92 Å². The van der Waals surface area contributed by atoms with Crippen LogP contribution in [0.25, 0.3) is 0 Å². The van der Waals surface area contributed by atoms with Crippen LogP contribution in [0.5, 0.6) is 5.75 Å². The summed E-state index contributed by atoms with van der Waals surface area (Å²) in [6.45, 7) is 1.68. The van der Waals surface area contributed by atoms with E-state index in [0.29, 0.717) is 28.4 Å². The maximum Gasteiger partial charge on any atom is 0.262 e. The molecule has 104 valence electrons. The van der Waals surface area contributed by atoms with Gasteiger partial charge < -0.3 is 10.4 Å². The van der Waals surface area contributed by atoms with E-state index in [1.54, 1.807) is 25.1 Å². The molecule has 0 saturated carbocycles. The number of nitrogens with one attached hydrogen (secondary N) is 1. The number of aromatic hydroxyl groups is 1. The first-order valence-corrected chi connectivity index (χ1v) is 6.02. The van der Waals surface area contributed by atoms with Gasteiger partial charge in [-0.25, -0.2) is 8.78 Å². The van der Waals surface area contributed by atoms with Crippen LogP contribution in [0.1, 0.15) is 15.9 Å². The Labute approximate surface area is 118 Å². The Morgan fingerprint density at radius 1 is 1.30 bits per heavy atom. The smallest absolute Gasteiger partial charge is 0.262 e. The van der Waals surface area contributed by atoms with Crippen molar-refractivity contribution in [2.24, 2.45) is 0 Å². The molecule has 3 nitrogen and oxygen atoms in total. The highest BCUT2D eigenvalue weighted by molar-refractivity contribution is 6.31. The number of rotatable bonds is 2. The van der Waals surface area contributed by atoms with E-state index < -0.39 is 28.9 Å². The molecule has 0 radical (unpaired) electrons. The lowest BCUT2D eigenvalue weighted by atomic mass is 10.1. The Bertz CT molecular complexity index is 666. The molecule has 0 unspecified atom stereocenters. The number of halogens is 3. The van der Waals surface area contributed by atoms with E-state index in [1.165, 1.54) is 0 Å². The second-order valence-corrected chi connectivity index (χ2v) is 4.56. The summed E-state index contributed by atoms with van der Waals surface area (Å²) >= 11 is 5.90. The number of benzene rings is 2. The van der Waals surface area contributed by atoms with E-state index in [9.17, 15) is 18.7 Å². The van der Waals surface area contributed by atoms with Gasteiger partial charge in [0.2, 0.25) is 0 Å². The minimum atomic E-state index is -1.14. The summed E-state index contributed by atoms with van der Waals surface area (Å²) in [5.41, 5.74) is 0.362. The van der Waals surface area contributed by atoms with E-state index in [2.05, 4.69) is 5.32 Å². The van der Waals surface area contributed by atoms with Crippen molar-refractivity contribution in [3.63, 3.8) is 0 Å². The molecular weight excluding hydrogens is 288 g/mol. The highest BCUT2D eigenvalue weighted by Gasteiger charge is 2.19. The molecular formula is C14H10ClF2NO2. The largest absolute Gasteiger partial charge is 0.507 e. The average molecular weight is 298 g/mol. The zero-order valence-corrected chi connectivity index (χ0v) is 11.1. The minimum Gasteiger partial charge on any atom is -0.507 e. The number of amides is 1. The van der Waals surface area contributed by atoms with Gasteiger partial charge in [-0.3, -0.25) is 4.79 Å². The lowest BCUT2D eigenvalue weighted by Crippen LogP contribution is -2.15. The molecule has 2 aromatic rings. The number of carbonyl (C=O) groups excluding carboxylic acids is 1. The van der Waals surface area contributed by atoms with Gasteiger partial charge in [-0.05, 0) is 24.6 Å². The predicted molar refractivity (Wildman–Crippen MR) is 72.2 cm³/mol. The number of hydrogen-bond acceptors (Lipinski definition) is 2. The molecule has 0 saturated heterocycles. The molecule has 0 bridgehead atoms. The monoisotopic (exact) mass is 297 g/mol. The molecule has 0 fully saturated rings. The summed E-state index contributed by atoms with van der Waals surface area (Å²) in [6.07, 6.45) is 0. The molecule has 0 spiro atoms. The second-order valence-electron chi connectivity index (χ2n) is 4.15. The van der Waals surface area contributed by atoms with Crippen LogP contribution in [0, 0.1) is 18.6 Å². The topological polar surface area (TPSA) is 49.3 Å². The van der Waals surface area contributed by atoms with Crippen molar-refractivity contribution < 1.29 is 18.7 Å². The van der Waals surface area contributed by atoms with Crippen LogP contribution in [0.15, 0.2) is 30.3 Å². The summed E-state index contributed by atoms with van der Waals surface area (Å²) in [6, 6.07) is 6.04. The number of anilines is 1. The summed E-state index contributed by atoms with van der Waals surface area (Å²) in [4.78, 5) is 12.0. The third kappa shape index (κ3) is 2.72. The Morgan fingerprint density at radius 2 is 2.00 bits per heavy atom. The standard InChI is InChI=1S/C14H10ClF2NO2/c1-7-9(15)3-2-4-11(7)18-14(20)13-10(17)5-8(16)6-12(13)19/h2-6,19H,1H3,(H,18,20). The average Bonchev–Trinajstić information content (AvgIpc) is 2.33. The molecule has 2 rings (SSSR count). The van der Waals surface area contributed by atoms with Gasteiger partial charge in [-0.15, -0.1) is 0 Å². The Kier molecular flexibility index (Phi) is 3.90. The molecule has 0 aliphatic heterocycles. The molecule has 0 heterocycles. The van der Waals surface area contributed by atoms with E-state index in [0.717, 1.165) is 0 Å². The number of phenols is 1. The van der Waals surface area contributed by atoms with Gasteiger partial charge in [-0.1, -0.05) is 17.7 Å². The summed E-state index contributed by atoms with van der Waals surface area (Å²) in [5.74, 6) is -3.75. The first kappa shape index (κ1) is 14.3. The lowest BCUT2D eigenvalue weighted by Gasteiger charge is -2.11. The minimum absolute atomic E-state index is 0.380. The van der Waals surface area contributed by atoms with Gasteiger partial charge in [-0.2, -0.15) is 0 Å². The van der Waals surface area contributed by atoms with E-state index in [4.69, 9.17) is 11.6 Å². The van der Waals surface area contributed by atoms with Gasteiger partial charge in [0.05, 0.1) is 0 Å². The van der Waals surface area contributed by atoms with Gasteiger partial charge in [0.15, 0.2) is 0 Å². The molecule has 0 aliphatic rings. The van der Waals surface area contributed by atoms with Crippen LogP contribution in [0.3, 0.4) is 0 Å². The molecule has 0 aromatic heterocycles. The number of phenolic OH excluding ortho intramolecular Hbond substituents is 1. The predicted octanol–water partition coefficient (Wildman–Crippen LogP) is 3.88. The van der Waals surface area contributed by atoms with Crippen LogP contribution in [-0.4, -0.2) is 11.0 Å². The molecule has 2 aromatic carbocycles. The fourth-order valence-corrected chi connectivity index (χ4v) is 1.89. The van der Waals surface area contributed by atoms with E-state index in [1.807, 2.05) is 0 Å². The lowest BCUT2D eigenvalue weighted by molar-refractivity contribution is 0.102. The molecule has 0 atom stereocenters. The Morgan fingerprint density at radius 3 is 2.65 bits per heavy atom. The molecule has 0 aliphatic carbocycles. The molecule has 2 N–H and O–H groups in total. The van der Waals surface area contributed by atoms with Gasteiger partial charge in [0, 0.05) is 22.8 Å². The normalized spacial score (nSPS) is 10.4. The van der Waals surface area contributed by atoms with Gasteiger partial charge >= 0.3 is 0 Å². The van der Waals surface area contributed by atoms with Crippen molar-refractivity contribution in [3.8, 4) is 5.75 Å². The Balaban J connectivity index is 2.36. The zero-order valence-electron chi connectivity index (χ0n) is 10.4. The number of carbonyl (C=O) groups is 1. The fourth-order valence-electron chi connectivity index (χ4n) is 1.71. The van der Waals surface area contributed by atoms with Gasteiger partial charge in [0.1, 0.15) is 22.9 Å². The van der Waals surface area contributed by atoms with Crippen LogP contribution >= 0.6 is 11.6 Å². The third-order valence-electron chi connectivity index (χ3n) is 2.78. The van der Waals surface area contributed by atoms with Crippen molar-refractivity contribution in [2.75, 3.05) is 5.32 Å². The van der Waals surface area contributed by atoms with Gasteiger partial charge in [0.25, 0.3) is 5.91 Å². The third-order valence-corrected chi connectivity index (χ3v) is 3.19. The number of hydrogen-bond donors (Lipinski definition) is 2. The second kappa shape index (κ2) is 5.46. The highest BCUT2D eigenvalue weighted by Crippen LogP contribution is 2.26. The summed E-state index contributed by atoms with van der Waals surface area (Å²) in [7, 11) is 0. The quantitative estimate of drug-likeness (QED) is 0.883. The molecule has 1 amide bonds. The van der Waals surface area contributed by atoms with Crippen molar-refractivity contribution in [1.82, 2.24) is 0 Å². The summed E-state index contributed by atoms with van der Waals surface area (Å²) < 4.78 is 26.4. The van der Waals surface area contributed by atoms with Crippen LogP contribution in [-0.2, 0) is 0 Å². The van der Waals surface area contributed by atoms with Crippen molar-refractivity contribution in [3.05, 3.63) is 58.1 Å². The maximum absolute atomic E-state index is 13.6. The Hall–Kier alpha value is -2.14. The molecule has 20 heavy (non-hydrogen) atoms. The summed E-state index contributed by atoms with van der Waals surface area (Å²) in [5, 5.41) is 12.3. The highest BCUT2D eigenvalue weighted by atomic mass is 35.5. The van der Waals surface area contributed by atoms with Crippen LogP contribution in [0.4, 0.5) is 14.5 Å². The van der Waals surface area contributed by atoms with Crippen molar-refractivity contribution in [1.29, 1.82) is 0 Å². The van der Waals surface area contributed by atoms with Crippen LogP contribution < -0.4 is 5.32 Å². The zero-order chi connectivity index (χ0) is 14.9. The van der Waals surface area contributed by atoms with E-state index >= 15 is 0 Å². The first-order valence-electron chi connectivity index (χ1n) is 5.64. The fraction of sp³-hybridized carbons (Fsp3) is 0.0714. The maximum atomic E-state index is 13.6. The van der Waals surface area contributed by atoms with Crippen LogP contribution in [0.2, 0.25) is 5.02 Å².